The molecule has 1 aromatic heterocycles. The molecule has 0 amide bonds. The van der Waals surface area contributed by atoms with Gasteiger partial charge in [0, 0.05) is 52.9 Å². The average molecular weight is 462 g/mol. The Bertz CT molecular complexity index is 742. The van der Waals surface area contributed by atoms with Crippen LogP contribution in [0.3, 0.4) is 0 Å². The van der Waals surface area contributed by atoms with Gasteiger partial charge in [0.25, 0.3) is 0 Å². The molecule has 1 aromatic carbocycles. The minimum atomic E-state index is -2.61. The van der Waals surface area contributed by atoms with Crippen LogP contribution in [-0.2, 0) is 20.1 Å². The molecule has 0 atom stereocenters. The summed E-state index contributed by atoms with van der Waals surface area (Å²) in [7, 11) is 2.00. The van der Waals surface area contributed by atoms with Crippen molar-refractivity contribution in [1.82, 2.24) is 4.98 Å². The first-order valence-electron chi connectivity index (χ1n) is 9.73. The van der Waals surface area contributed by atoms with Crippen LogP contribution in [0.15, 0.2) is 30.5 Å². The number of hydrogen-bond acceptors (Lipinski definition) is 3. The fourth-order valence-electron chi connectivity index (χ4n) is 1.19. The molecule has 0 aliphatic heterocycles. The SMILES string of the molecule is CO.CO.[2H]C([2H])([2H])c1c[c-]c(-c2cc(C([2H])([2H])[2H])c(C([2H])([2H])[2H])cn2)cc1.[Ir]. The summed E-state index contributed by atoms with van der Waals surface area (Å²) in [5, 5.41) is 14.0. The minimum Gasteiger partial charge on any atom is -0.400 e. The molecule has 0 aliphatic carbocycles. The van der Waals surface area contributed by atoms with Gasteiger partial charge in [-0.1, -0.05) is 18.5 Å². The summed E-state index contributed by atoms with van der Waals surface area (Å²) >= 11 is 0. The van der Waals surface area contributed by atoms with Crippen molar-refractivity contribution in [2.45, 2.75) is 20.6 Å². The second-order valence-corrected chi connectivity index (χ2v) is 3.11. The Balaban J connectivity index is 0. The molecular formula is C16H22IrNO2-. The number of aryl methyl sites for hydroxylation is 3. The third kappa shape index (κ3) is 6.40. The molecule has 0 fully saturated rings. The molecule has 0 saturated heterocycles. The maximum atomic E-state index is 7.54. The van der Waals surface area contributed by atoms with E-state index in [0.717, 1.165) is 20.4 Å². The smallest absolute Gasteiger partial charge is 0.0319 e. The van der Waals surface area contributed by atoms with Crippen molar-refractivity contribution in [3.63, 3.8) is 0 Å². The number of benzene rings is 1. The van der Waals surface area contributed by atoms with Crippen LogP contribution in [-0.4, -0.2) is 29.4 Å². The van der Waals surface area contributed by atoms with Gasteiger partial charge in [-0.3, -0.25) is 0 Å². The number of aromatic nitrogens is 1. The number of rotatable bonds is 1. The molecule has 4 heteroatoms. The van der Waals surface area contributed by atoms with E-state index >= 15 is 0 Å². The Kier molecular flexibility index (Phi) is 5.32. The second-order valence-electron chi connectivity index (χ2n) is 3.11. The predicted molar refractivity (Wildman–Crippen MR) is 79.0 cm³/mol. The van der Waals surface area contributed by atoms with E-state index in [-0.39, 0.29) is 42.5 Å². The second kappa shape index (κ2) is 11.7. The quantitative estimate of drug-likeness (QED) is 0.642. The molecule has 1 heterocycles. The van der Waals surface area contributed by atoms with Gasteiger partial charge in [0.1, 0.15) is 0 Å². The monoisotopic (exact) mass is 462 g/mol. The first-order chi connectivity index (χ1) is 12.8. The van der Waals surface area contributed by atoms with Crippen molar-refractivity contribution in [3.8, 4) is 11.3 Å². The fourth-order valence-corrected chi connectivity index (χ4v) is 1.19. The van der Waals surface area contributed by atoms with Crippen molar-refractivity contribution >= 4 is 0 Å². The van der Waals surface area contributed by atoms with E-state index in [4.69, 9.17) is 22.5 Å². The molecule has 0 aliphatic rings. The van der Waals surface area contributed by atoms with Crippen molar-refractivity contribution in [2.75, 3.05) is 14.2 Å². The third-order valence-electron chi connectivity index (χ3n) is 1.99. The molecule has 20 heavy (non-hydrogen) atoms. The number of hydrogen-bond donors (Lipinski definition) is 2. The largest absolute Gasteiger partial charge is 0.400 e. The summed E-state index contributed by atoms with van der Waals surface area (Å²) in [6.07, 6.45) is 1.02. The zero-order valence-electron chi connectivity index (χ0n) is 20.1. The molecule has 0 bridgehead atoms. The first-order valence-corrected chi connectivity index (χ1v) is 5.23. The van der Waals surface area contributed by atoms with Crippen LogP contribution in [0.2, 0.25) is 0 Å². The van der Waals surface area contributed by atoms with Crippen LogP contribution in [0.1, 0.15) is 29.0 Å². The van der Waals surface area contributed by atoms with Gasteiger partial charge in [0.05, 0.1) is 0 Å². The van der Waals surface area contributed by atoms with Gasteiger partial charge in [-0.15, -0.1) is 35.4 Å². The number of aliphatic hydroxyl groups is 2. The maximum Gasteiger partial charge on any atom is 0.0319 e. The van der Waals surface area contributed by atoms with E-state index in [1.54, 1.807) is 0 Å². The maximum absolute atomic E-state index is 7.54. The van der Waals surface area contributed by atoms with Gasteiger partial charge in [-0.25, -0.2) is 0 Å². The molecule has 1 radical (unpaired) electrons. The number of aliphatic hydroxyl groups excluding tert-OH is 2. The fraction of sp³-hybridized carbons (Fsp3) is 0.312. The van der Waals surface area contributed by atoms with Crippen LogP contribution in [0.4, 0.5) is 0 Å². The van der Waals surface area contributed by atoms with Gasteiger partial charge in [0.2, 0.25) is 0 Å². The molecule has 0 spiro atoms. The van der Waals surface area contributed by atoms with Gasteiger partial charge < -0.3 is 15.2 Å². The van der Waals surface area contributed by atoms with Gasteiger partial charge >= 0.3 is 0 Å². The van der Waals surface area contributed by atoms with Crippen molar-refractivity contribution in [2.24, 2.45) is 0 Å². The van der Waals surface area contributed by atoms with Gasteiger partial charge in [-0.05, 0) is 25.0 Å². The normalized spacial score (nSPS) is 16.9. The summed E-state index contributed by atoms with van der Waals surface area (Å²) < 4.78 is 66.9. The van der Waals surface area contributed by atoms with E-state index < -0.39 is 20.6 Å². The predicted octanol–water partition coefficient (Wildman–Crippen LogP) is 2.69. The molecule has 0 unspecified atom stereocenters. The van der Waals surface area contributed by atoms with Crippen LogP contribution < -0.4 is 0 Å². The zero-order chi connectivity index (χ0) is 22.3. The minimum absolute atomic E-state index is 0. The summed E-state index contributed by atoms with van der Waals surface area (Å²) in [6, 6.07) is 8.07. The standard InChI is InChI=1S/C14H14N.2CH4O.Ir/c1-10-4-6-13(7-5-10)14-8-11(2)12(3)9-15-14;2*1-2;/h4-6,8-9H,1-3H3;2*2H,1H3;/q-1;;;/i1D3,2D3,3D3;;;. The van der Waals surface area contributed by atoms with Crippen LogP contribution >= 0.6 is 0 Å². The molecule has 3 nitrogen and oxygen atoms in total. The summed E-state index contributed by atoms with van der Waals surface area (Å²) in [6.45, 7) is -7.47. The van der Waals surface area contributed by atoms with Crippen molar-refractivity contribution in [3.05, 3.63) is 53.2 Å². The van der Waals surface area contributed by atoms with E-state index in [2.05, 4.69) is 11.1 Å². The van der Waals surface area contributed by atoms with E-state index in [9.17, 15) is 0 Å². The molecule has 0 saturated carbocycles. The van der Waals surface area contributed by atoms with Crippen LogP contribution in [0.25, 0.3) is 11.3 Å². The summed E-state index contributed by atoms with van der Waals surface area (Å²) in [4.78, 5) is 4.00. The zero-order valence-corrected chi connectivity index (χ0v) is 13.5. The Hall–Kier alpha value is -1.06. The third-order valence-corrected chi connectivity index (χ3v) is 1.99. The molecular weight excluding hydrogens is 430 g/mol. The average Bonchev–Trinajstić information content (AvgIpc) is 2.62. The first kappa shape index (κ1) is 9.06. The molecule has 113 valence electrons. The molecule has 2 rings (SSSR count). The number of pyridine rings is 1. The number of nitrogens with zero attached hydrogens (tertiary/aromatic N) is 1. The van der Waals surface area contributed by atoms with Gasteiger partial charge in [0.15, 0.2) is 0 Å². The van der Waals surface area contributed by atoms with E-state index in [1.807, 2.05) is 0 Å². The Morgan fingerprint density at radius 1 is 1.05 bits per heavy atom. The van der Waals surface area contributed by atoms with Gasteiger partial charge in [-0.2, -0.15) is 0 Å². The topological polar surface area (TPSA) is 53.4 Å². The summed E-state index contributed by atoms with van der Waals surface area (Å²) in [5.41, 5.74) is 0.0596. The van der Waals surface area contributed by atoms with Crippen molar-refractivity contribution < 1.29 is 42.7 Å². The van der Waals surface area contributed by atoms with E-state index in [1.165, 1.54) is 24.3 Å². The van der Waals surface area contributed by atoms with Crippen molar-refractivity contribution in [1.29, 1.82) is 0 Å². The van der Waals surface area contributed by atoms with Crippen LogP contribution in [0.5, 0.6) is 0 Å². The summed E-state index contributed by atoms with van der Waals surface area (Å²) in [5.74, 6) is 0. The molecule has 2 N–H and O–H groups in total. The Morgan fingerprint density at radius 2 is 1.75 bits per heavy atom. The Morgan fingerprint density at radius 3 is 2.25 bits per heavy atom. The van der Waals surface area contributed by atoms with E-state index in [0.29, 0.717) is 5.56 Å². The molecule has 2 aromatic rings. The van der Waals surface area contributed by atoms with Crippen LogP contribution in [0, 0.1) is 26.6 Å². The Labute approximate surface area is 147 Å².